The van der Waals surface area contributed by atoms with Crippen molar-refractivity contribution in [2.75, 3.05) is 0 Å². The fraction of sp³-hybridized carbons (Fsp3) is 0.0769. The van der Waals surface area contributed by atoms with Gasteiger partial charge < -0.3 is 8.98 Å². The van der Waals surface area contributed by atoms with Gasteiger partial charge in [0.1, 0.15) is 12.0 Å². The maximum Gasteiger partial charge on any atom is 0.181 e. The van der Waals surface area contributed by atoms with Gasteiger partial charge in [0.25, 0.3) is 0 Å². The van der Waals surface area contributed by atoms with E-state index in [1.807, 2.05) is 37.6 Å². The minimum atomic E-state index is 0.837. The Labute approximate surface area is 98.6 Å². The molecule has 4 heteroatoms. The molecule has 3 heterocycles. The fourth-order valence-corrected chi connectivity index (χ4v) is 1.94. The molecule has 0 radical (unpaired) electrons. The fourth-order valence-electron chi connectivity index (χ4n) is 1.94. The highest BCUT2D eigenvalue weighted by atomic mass is 16.3. The van der Waals surface area contributed by atoms with Crippen LogP contribution in [0.1, 0.15) is 0 Å². The number of rotatable bonds is 2. The number of oxazole rings is 1. The van der Waals surface area contributed by atoms with Crippen LogP contribution < -0.4 is 0 Å². The van der Waals surface area contributed by atoms with Crippen LogP contribution in [0, 0.1) is 0 Å². The Morgan fingerprint density at radius 2 is 2.24 bits per heavy atom. The van der Waals surface area contributed by atoms with Crippen molar-refractivity contribution in [3.05, 3.63) is 49.4 Å². The van der Waals surface area contributed by atoms with Gasteiger partial charge in [0.05, 0.1) is 5.69 Å². The van der Waals surface area contributed by atoms with E-state index >= 15 is 0 Å². The van der Waals surface area contributed by atoms with Gasteiger partial charge in [-0.05, 0) is 18.2 Å². The molecule has 0 amide bonds. The normalized spacial score (nSPS) is 10.6. The SMILES string of the molecule is Cn1ccc(-c2cocn2)c1-c1cccnc1. The molecular weight excluding hydrogens is 214 g/mol. The molecule has 0 saturated carbocycles. The predicted octanol–water partition coefficient (Wildman–Crippen LogP) is 2.74. The van der Waals surface area contributed by atoms with Crippen molar-refractivity contribution in [2.45, 2.75) is 0 Å². The summed E-state index contributed by atoms with van der Waals surface area (Å²) >= 11 is 0. The van der Waals surface area contributed by atoms with Crippen LogP contribution in [0.5, 0.6) is 0 Å². The van der Waals surface area contributed by atoms with Crippen LogP contribution in [0.3, 0.4) is 0 Å². The van der Waals surface area contributed by atoms with Crippen LogP contribution >= 0.6 is 0 Å². The van der Waals surface area contributed by atoms with E-state index in [1.54, 1.807) is 12.5 Å². The van der Waals surface area contributed by atoms with Crippen molar-refractivity contribution in [1.82, 2.24) is 14.5 Å². The number of aromatic nitrogens is 3. The predicted molar refractivity (Wildman–Crippen MR) is 64.1 cm³/mol. The van der Waals surface area contributed by atoms with Gasteiger partial charge >= 0.3 is 0 Å². The summed E-state index contributed by atoms with van der Waals surface area (Å²) in [6.07, 6.45) is 8.71. The second-order valence-corrected chi connectivity index (χ2v) is 3.80. The number of hydrogen-bond donors (Lipinski definition) is 0. The molecule has 0 N–H and O–H groups in total. The lowest BCUT2D eigenvalue weighted by molar-refractivity contribution is 0.558. The zero-order valence-corrected chi connectivity index (χ0v) is 9.37. The first-order valence-electron chi connectivity index (χ1n) is 5.30. The number of aryl methyl sites for hydroxylation is 1. The van der Waals surface area contributed by atoms with Crippen LogP contribution in [0.15, 0.2) is 53.9 Å². The lowest BCUT2D eigenvalue weighted by Gasteiger charge is -2.05. The third-order valence-corrected chi connectivity index (χ3v) is 2.72. The third-order valence-electron chi connectivity index (χ3n) is 2.72. The molecule has 3 rings (SSSR count). The summed E-state index contributed by atoms with van der Waals surface area (Å²) < 4.78 is 7.09. The standard InChI is InChI=1S/C13H11N3O/c1-16-6-4-11(12-8-17-9-15-12)13(16)10-3-2-5-14-7-10/h2-9H,1H3. The first-order valence-corrected chi connectivity index (χ1v) is 5.30. The van der Waals surface area contributed by atoms with E-state index in [0.29, 0.717) is 0 Å². The first kappa shape index (κ1) is 9.84. The first-order chi connectivity index (χ1) is 8.36. The summed E-state index contributed by atoms with van der Waals surface area (Å²) in [6, 6.07) is 5.99. The Kier molecular flexibility index (Phi) is 2.26. The Bertz CT molecular complexity index is 611. The molecule has 0 fully saturated rings. The molecule has 0 atom stereocenters. The van der Waals surface area contributed by atoms with Gasteiger partial charge in [-0.3, -0.25) is 4.98 Å². The number of nitrogens with zero attached hydrogens (tertiary/aromatic N) is 3. The Morgan fingerprint density at radius 3 is 2.94 bits per heavy atom. The molecular formula is C13H11N3O. The molecule has 0 aliphatic rings. The van der Waals surface area contributed by atoms with Crippen molar-refractivity contribution in [1.29, 1.82) is 0 Å². The van der Waals surface area contributed by atoms with Crippen LogP contribution in [-0.2, 0) is 7.05 Å². The van der Waals surface area contributed by atoms with Crippen molar-refractivity contribution < 1.29 is 4.42 Å². The maximum atomic E-state index is 5.03. The quantitative estimate of drug-likeness (QED) is 0.673. The summed E-state index contributed by atoms with van der Waals surface area (Å²) in [6.45, 7) is 0. The number of pyridine rings is 1. The monoisotopic (exact) mass is 225 g/mol. The molecule has 3 aromatic rings. The van der Waals surface area contributed by atoms with E-state index in [0.717, 1.165) is 22.5 Å². The van der Waals surface area contributed by atoms with E-state index < -0.39 is 0 Å². The smallest absolute Gasteiger partial charge is 0.181 e. The average molecular weight is 225 g/mol. The van der Waals surface area contributed by atoms with Gasteiger partial charge in [0.2, 0.25) is 0 Å². The molecule has 0 aromatic carbocycles. The van der Waals surface area contributed by atoms with Gasteiger partial charge in [-0.25, -0.2) is 4.98 Å². The second kappa shape index (κ2) is 3.90. The zero-order valence-electron chi connectivity index (χ0n) is 9.37. The van der Waals surface area contributed by atoms with Crippen LogP contribution in [0.4, 0.5) is 0 Å². The molecule has 84 valence electrons. The van der Waals surface area contributed by atoms with E-state index in [2.05, 4.69) is 14.5 Å². The number of hydrogen-bond acceptors (Lipinski definition) is 3. The van der Waals surface area contributed by atoms with E-state index in [-0.39, 0.29) is 0 Å². The van der Waals surface area contributed by atoms with Crippen LogP contribution in [0.2, 0.25) is 0 Å². The van der Waals surface area contributed by atoms with E-state index in [1.165, 1.54) is 6.39 Å². The van der Waals surface area contributed by atoms with Crippen molar-refractivity contribution in [2.24, 2.45) is 7.05 Å². The Morgan fingerprint density at radius 1 is 1.29 bits per heavy atom. The minimum absolute atomic E-state index is 0.837. The van der Waals surface area contributed by atoms with Crippen molar-refractivity contribution in [3.63, 3.8) is 0 Å². The largest absolute Gasteiger partial charge is 0.451 e. The van der Waals surface area contributed by atoms with Crippen LogP contribution in [-0.4, -0.2) is 14.5 Å². The Hall–Kier alpha value is -2.36. The average Bonchev–Trinajstić information content (AvgIpc) is 2.98. The third kappa shape index (κ3) is 1.63. The topological polar surface area (TPSA) is 43.9 Å². The van der Waals surface area contributed by atoms with Crippen LogP contribution in [0.25, 0.3) is 22.5 Å². The summed E-state index contributed by atoms with van der Waals surface area (Å²) in [5.74, 6) is 0. The van der Waals surface area contributed by atoms with Gasteiger partial charge in [0.15, 0.2) is 6.39 Å². The highest BCUT2D eigenvalue weighted by molar-refractivity contribution is 5.79. The van der Waals surface area contributed by atoms with Gasteiger partial charge in [0, 0.05) is 36.8 Å². The molecule has 0 bridgehead atoms. The molecule has 0 saturated heterocycles. The molecule has 17 heavy (non-hydrogen) atoms. The highest BCUT2D eigenvalue weighted by Gasteiger charge is 2.13. The molecule has 0 aliphatic carbocycles. The molecule has 0 aliphatic heterocycles. The zero-order chi connectivity index (χ0) is 11.7. The highest BCUT2D eigenvalue weighted by Crippen LogP contribution is 2.31. The van der Waals surface area contributed by atoms with E-state index in [4.69, 9.17) is 4.42 Å². The summed E-state index contributed by atoms with van der Waals surface area (Å²) in [5, 5.41) is 0. The van der Waals surface area contributed by atoms with Gasteiger partial charge in [-0.15, -0.1) is 0 Å². The second-order valence-electron chi connectivity index (χ2n) is 3.80. The molecule has 3 aromatic heterocycles. The lowest BCUT2D eigenvalue weighted by atomic mass is 10.1. The van der Waals surface area contributed by atoms with Gasteiger partial charge in [-0.2, -0.15) is 0 Å². The summed E-state index contributed by atoms with van der Waals surface area (Å²) in [7, 11) is 2.01. The minimum Gasteiger partial charge on any atom is -0.451 e. The molecule has 4 nitrogen and oxygen atoms in total. The summed E-state index contributed by atoms with van der Waals surface area (Å²) in [4.78, 5) is 8.33. The van der Waals surface area contributed by atoms with E-state index in [9.17, 15) is 0 Å². The Balaban J connectivity index is 2.20. The maximum absolute atomic E-state index is 5.03. The molecule has 0 spiro atoms. The summed E-state index contributed by atoms with van der Waals surface area (Å²) in [5.41, 5.74) is 4.05. The van der Waals surface area contributed by atoms with Crippen molar-refractivity contribution in [3.8, 4) is 22.5 Å². The van der Waals surface area contributed by atoms with Gasteiger partial charge in [-0.1, -0.05) is 0 Å². The van der Waals surface area contributed by atoms with Crippen molar-refractivity contribution >= 4 is 0 Å². The lowest BCUT2D eigenvalue weighted by Crippen LogP contribution is -1.91. The molecule has 0 unspecified atom stereocenters.